The summed E-state index contributed by atoms with van der Waals surface area (Å²) in [5.41, 5.74) is 11.6. The van der Waals surface area contributed by atoms with Crippen molar-refractivity contribution in [2.75, 3.05) is 33.3 Å². The van der Waals surface area contributed by atoms with Gasteiger partial charge in [-0.25, -0.2) is 0 Å². The van der Waals surface area contributed by atoms with E-state index in [9.17, 15) is 14.4 Å². The smallest absolute Gasteiger partial charge is 0.307 e. The lowest BCUT2D eigenvalue weighted by atomic mass is 10.0. The highest BCUT2D eigenvalue weighted by molar-refractivity contribution is 5.89. The molecule has 1 saturated carbocycles. The number of likely N-dealkylation sites (tertiary alicyclic amines) is 1. The van der Waals surface area contributed by atoms with Gasteiger partial charge in [-0.1, -0.05) is 0 Å². The van der Waals surface area contributed by atoms with Gasteiger partial charge in [0.25, 0.3) is 0 Å². The molecule has 29 heavy (non-hydrogen) atoms. The van der Waals surface area contributed by atoms with Gasteiger partial charge < -0.3 is 30.9 Å². The van der Waals surface area contributed by atoms with Gasteiger partial charge in [0.15, 0.2) is 5.96 Å². The van der Waals surface area contributed by atoms with E-state index in [-0.39, 0.29) is 55.2 Å². The number of carbonyl (C=O) groups is 3. The fourth-order valence-electron chi connectivity index (χ4n) is 3.63. The van der Waals surface area contributed by atoms with Crippen LogP contribution in [0.25, 0.3) is 0 Å². The van der Waals surface area contributed by atoms with Crippen LogP contribution in [-0.4, -0.2) is 89.9 Å². The predicted octanol–water partition coefficient (Wildman–Crippen LogP) is -0.536. The van der Waals surface area contributed by atoms with Crippen LogP contribution in [0.4, 0.5) is 0 Å². The number of guanidine groups is 1. The summed E-state index contributed by atoms with van der Waals surface area (Å²) in [4.78, 5) is 42.1. The van der Waals surface area contributed by atoms with Crippen LogP contribution in [0, 0.1) is 5.41 Å². The van der Waals surface area contributed by atoms with Gasteiger partial charge in [0, 0.05) is 38.8 Å². The maximum Gasteiger partial charge on any atom is 0.307 e. The van der Waals surface area contributed by atoms with Crippen molar-refractivity contribution >= 4 is 23.7 Å². The molecule has 0 bridgehead atoms. The molecular formula is C19H34N6O4. The Labute approximate surface area is 172 Å². The molecule has 5 N–H and O–H groups in total. The molecule has 0 unspecified atom stereocenters. The topological polar surface area (TPSA) is 146 Å². The van der Waals surface area contributed by atoms with Crippen LogP contribution in [0.3, 0.4) is 0 Å². The first-order valence-electron chi connectivity index (χ1n) is 10.3. The van der Waals surface area contributed by atoms with Crippen LogP contribution in [0.1, 0.15) is 45.4 Å². The molecule has 2 atom stereocenters. The molecule has 1 aliphatic carbocycles. The minimum absolute atomic E-state index is 0.00380. The third-order valence-corrected chi connectivity index (χ3v) is 5.52. The van der Waals surface area contributed by atoms with E-state index in [0.717, 1.165) is 25.7 Å². The maximum atomic E-state index is 12.8. The molecular weight excluding hydrogens is 376 g/mol. The normalized spacial score (nSPS) is 20.0. The molecule has 10 nitrogen and oxygen atoms in total. The van der Waals surface area contributed by atoms with Crippen molar-refractivity contribution in [3.05, 3.63) is 0 Å². The molecule has 1 saturated heterocycles. The second-order valence-electron chi connectivity index (χ2n) is 7.76. The van der Waals surface area contributed by atoms with E-state index < -0.39 is 6.04 Å². The maximum absolute atomic E-state index is 12.8. The molecule has 164 valence electrons. The number of esters is 1. The van der Waals surface area contributed by atoms with Crippen molar-refractivity contribution in [3.8, 4) is 0 Å². The zero-order valence-corrected chi connectivity index (χ0v) is 17.4. The molecule has 1 heterocycles. The lowest BCUT2D eigenvalue weighted by Gasteiger charge is -2.38. The van der Waals surface area contributed by atoms with Gasteiger partial charge >= 0.3 is 5.97 Å². The van der Waals surface area contributed by atoms with Crippen molar-refractivity contribution in [3.63, 3.8) is 0 Å². The molecule has 0 aromatic rings. The van der Waals surface area contributed by atoms with Crippen LogP contribution in [-0.2, 0) is 19.1 Å². The number of amides is 2. The summed E-state index contributed by atoms with van der Waals surface area (Å²) >= 11 is 0. The van der Waals surface area contributed by atoms with Gasteiger partial charge in [-0.05, 0) is 32.6 Å². The lowest BCUT2D eigenvalue weighted by molar-refractivity contribution is -0.145. The second-order valence-corrected chi connectivity index (χ2v) is 7.76. The first-order chi connectivity index (χ1) is 13.7. The summed E-state index contributed by atoms with van der Waals surface area (Å²) in [7, 11) is 1.70. The van der Waals surface area contributed by atoms with E-state index >= 15 is 0 Å². The number of rotatable bonds is 9. The number of nitrogens with two attached hydrogens (primary N) is 2. The van der Waals surface area contributed by atoms with E-state index in [2.05, 4.69) is 0 Å². The minimum Gasteiger partial charge on any atom is -0.466 e. The number of nitrogens with zero attached hydrogens (tertiary/aromatic N) is 3. The fraction of sp³-hybridized carbons (Fsp3) is 0.789. The van der Waals surface area contributed by atoms with E-state index in [4.69, 9.17) is 21.6 Å². The standard InChI is InChI=1S/C19H34N6O4/c1-3-29-17(27)8-10-25(13-6-7-13)18(28)15(20)11-16(26)23(2)14-5-4-9-24(12-14)19(21)22/h13-15H,3-12,20H2,1-2H3,(H3,21,22)/t14-,15-/m0/s1. The van der Waals surface area contributed by atoms with E-state index in [1.165, 1.54) is 0 Å². The van der Waals surface area contributed by atoms with E-state index in [1.54, 1.807) is 28.7 Å². The number of carbonyl (C=O) groups excluding carboxylic acids is 3. The lowest BCUT2D eigenvalue weighted by Crippen LogP contribution is -2.53. The molecule has 2 fully saturated rings. The Balaban J connectivity index is 1.88. The molecule has 1 aliphatic heterocycles. The molecule has 2 rings (SSSR count). The largest absolute Gasteiger partial charge is 0.466 e. The van der Waals surface area contributed by atoms with E-state index in [1.807, 2.05) is 0 Å². The Morgan fingerprint density at radius 3 is 2.52 bits per heavy atom. The highest BCUT2D eigenvalue weighted by Crippen LogP contribution is 2.28. The molecule has 0 radical (unpaired) electrons. The third kappa shape index (κ3) is 6.59. The average Bonchev–Trinajstić information content (AvgIpc) is 3.52. The summed E-state index contributed by atoms with van der Waals surface area (Å²) in [5.74, 6) is -0.846. The fourth-order valence-corrected chi connectivity index (χ4v) is 3.63. The monoisotopic (exact) mass is 410 g/mol. The van der Waals surface area contributed by atoms with Crippen molar-refractivity contribution in [1.29, 1.82) is 5.41 Å². The van der Waals surface area contributed by atoms with Crippen LogP contribution < -0.4 is 11.5 Å². The highest BCUT2D eigenvalue weighted by atomic mass is 16.5. The second kappa shape index (κ2) is 10.4. The highest BCUT2D eigenvalue weighted by Gasteiger charge is 2.36. The first-order valence-corrected chi connectivity index (χ1v) is 10.3. The Morgan fingerprint density at radius 1 is 1.24 bits per heavy atom. The van der Waals surface area contributed by atoms with Gasteiger partial charge in [-0.2, -0.15) is 0 Å². The van der Waals surface area contributed by atoms with Crippen LogP contribution >= 0.6 is 0 Å². The summed E-state index contributed by atoms with van der Waals surface area (Å²) in [6, 6.07) is -0.913. The number of hydrogen-bond acceptors (Lipinski definition) is 6. The van der Waals surface area contributed by atoms with Gasteiger partial charge in [-0.15, -0.1) is 0 Å². The third-order valence-electron chi connectivity index (χ3n) is 5.52. The Morgan fingerprint density at radius 2 is 1.93 bits per heavy atom. The van der Waals surface area contributed by atoms with E-state index in [0.29, 0.717) is 19.7 Å². The summed E-state index contributed by atoms with van der Waals surface area (Å²) in [6.45, 7) is 3.52. The van der Waals surface area contributed by atoms with Crippen LogP contribution in [0.2, 0.25) is 0 Å². The number of nitrogens with one attached hydrogen (secondary N) is 1. The quantitative estimate of drug-likeness (QED) is 0.263. The van der Waals surface area contributed by atoms with Crippen molar-refractivity contribution in [2.24, 2.45) is 11.5 Å². The van der Waals surface area contributed by atoms with Crippen LogP contribution in [0.5, 0.6) is 0 Å². The molecule has 2 aliphatic rings. The van der Waals surface area contributed by atoms with Gasteiger partial charge in [0.1, 0.15) is 0 Å². The van der Waals surface area contributed by atoms with Gasteiger partial charge in [0.2, 0.25) is 11.8 Å². The molecule has 10 heteroatoms. The van der Waals surface area contributed by atoms with Crippen molar-refractivity contribution in [2.45, 2.75) is 63.6 Å². The number of likely N-dealkylation sites (N-methyl/N-ethyl adjacent to an activating group) is 1. The zero-order chi connectivity index (χ0) is 21.6. The van der Waals surface area contributed by atoms with Crippen molar-refractivity contribution in [1.82, 2.24) is 14.7 Å². The first kappa shape index (κ1) is 22.9. The minimum atomic E-state index is -0.944. The number of hydrogen-bond donors (Lipinski definition) is 3. The molecule has 0 aromatic heterocycles. The SMILES string of the molecule is CCOC(=O)CCN(C(=O)[C@@H](N)CC(=O)N(C)[C@H]1CCCN(C(=N)N)C1)C1CC1. The average molecular weight is 411 g/mol. The Bertz CT molecular complexity index is 624. The number of piperidine rings is 1. The Kier molecular flexibility index (Phi) is 8.24. The molecule has 2 amide bonds. The summed E-state index contributed by atoms with van der Waals surface area (Å²) in [5, 5.41) is 7.58. The van der Waals surface area contributed by atoms with Crippen LogP contribution in [0.15, 0.2) is 0 Å². The molecule has 0 spiro atoms. The Hall–Kier alpha value is -2.36. The zero-order valence-electron chi connectivity index (χ0n) is 17.4. The summed E-state index contributed by atoms with van der Waals surface area (Å²) < 4.78 is 4.92. The summed E-state index contributed by atoms with van der Waals surface area (Å²) in [6.07, 6.45) is 3.48. The predicted molar refractivity (Wildman–Crippen MR) is 108 cm³/mol. The van der Waals surface area contributed by atoms with Gasteiger partial charge in [0.05, 0.1) is 25.5 Å². The van der Waals surface area contributed by atoms with Crippen molar-refractivity contribution < 1.29 is 19.1 Å². The number of ether oxygens (including phenoxy) is 1. The molecule has 0 aromatic carbocycles. The van der Waals surface area contributed by atoms with Gasteiger partial charge in [-0.3, -0.25) is 19.8 Å².